The van der Waals surface area contributed by atoms with Crippen molar-refractivity contribution >= 4 is 5.97 Å². The predicted molar refractivity (Wildman–Crippen MR) is 128 cm³/mol. The molecule has 6 nitrogen and oxygen atoms in total. The molecule has 1 aliphatic carbocycles. The first-order valence-electron chi connectivity index (χ1n) is 11.8. The van der Waals surface area contributed by atoms with Crippen molar-refractivity contribution in [2.45, 2.75) is 38.6 Å². The van der Waals surface area contributed by atoms with Gasteiger partial charge in [0.05, 0.1) is 6.61 Å². The lowest BCUT2D eigenvalue weighted by atomic mass is 9.82. The number of aliphatic hydroxyl groups excluding tert-OH is 1. The third kappa shape index (κ3) is 5.89. The number of nitrogens with zero attached hydrogens (tertiary/aromatic N) is 2. The third-order valence-corrected chi connectivity index (χ3v) is 6.49. The summed E-state index contributed by atoms with van der Waals surface area (Å²) >= 11 is 0. The van der Waals surface area contributed by atoms with Crippen LogP contribution in [0.15, 0.2) is 60.7 Å². The number of carbonyl (C=O) groups is 1. The van der Waals surface area contributed by atoms with Crippen LogP contribution in [0.3, 0.4) is 0 Å². The third-order valence-electron chi connectivity index (χ3n) is 6.49. The highest BCUT2D eigenvalue weighted by Gasteiger charge is 2.25. The second-order valence-corrected chi connectivity index (χ2v) is 8.85. The minimum absolute atomic E-state index is 0.0768. The minimum atomic E-state index is -0.915. The van der Waals surface area contributed by atoms with Gasteiger partial charge in [-0.3, -0.25) is 4.68 Å². The van der Waals surface area contributed by atoms with Gasteiger partial charge < -0.3 is 14.9 Å². The van der Waals surface area contributed by atoms with E-state index in [2.05, 4.69) is 28.9 Å². The van der Waals surface area contributed by atoms with E-state index in [1.54, 1.807) is 0 Å². The minimum Gasteiger partial charge on any atom is -0.480 e. The van der Waals surface area contributed by atoms with Gasteiger partial charge in [-0.15, -0.1) is 0 Å². The Labute approximate surface area is 194 Å². The van der Waals surface area contributed by atoms with Crippen molar-refractivity contribution in [2.75, 3.05) is 19.8 Å². The SMILES string of the molecule is O=C(O)COC[C@H]1CC[C@H](Cn2nc(-c3ccccc3)c(-c3ccccc3)c2CCO)CC1. The Bertz CT molecular complexity index is 1030. The summed E-state index contributed by atoms with van der Waals surface area (Å²) in [5.41, 5.74) is 5.33. The van der Waals surface area contributed by atoms with E-state index < -0.39 is 5.97 Å². The van der Waals surface area contributed by atoms with Crippen molar-refractivity contribution in [1.82, 2.24) is 9.78 Å². The zero-order chi connectivity index (χ0) is 23.0. The molecule has 2 aromatic carbocycles. The Balaban J connectivity index is 1.56. The van der Waals surface area contributed by atoms with E-state index in [9.17, 15) is 9.90 Å². The maximum atomic E-state index is 10.7. The number of benzene rings is 2. The lowest BCUT2D eigenvalue weighted by Gasteiger charge is -2.28. The van der Waals surface area contributed by atoms with E-state index in [0.717, 1.165) is 60.3 Å². The molecule has 0 saturated heterocycles. The summed E-state index contributed by atoms with van der Waals surface area (Å²) in [5.74, 6) is 0.0161. The van der Waals surface area contributed by atoms with Crippen LogP contribution in [0.4, 0.5) is 0 Å². The quantitative estimate of drug-likeness (QED) is 0.471. The lowest BCUT2D eigenvalue weighted by molar-refractivity contribution is -0.142. The molecule has 6 heteroatoms. The molecule has 1 heterocycles. The smallest absolute Gasteiger partial charge is 0.329 e. The first-order chi connectivity index (χ1) is 16.2. The molecule has 2 N–H and O–H groups in total. The Morgan fingerprint density at radius 1 is 0.939 bits per heavy atom. The van der Waals surface area contributed by atoms with Gasteiger partial charge in [-0.1, -0.05) is 60.7 Å². The molecular formula is C27H32N2O4. The number of rotatable bonds is 10. The zero-order valence-electron chi connectivity index (χ0n) is 18.9. The molecule has 4 rings (SSSR count). The van der Waals surface area contributed by atoms with Crippen molar-refractivity contribution in [1.29, 1.82) is 0 Å². The summed E-state index contributed by atoms with van der Waals surface area (Å²) in [5, 5.41) is 23.7. The van der Waals surface area contributed by atoms with Gasteiger partial charge in [-0.25, -0.2) is 4.79 Å². The topological polar surface area (TPSA) is 84.6 Å². The van der Waals surface area contributed by atoms with E-state index in [1.165, 1.54) is 0 Å². The summed E-state index contributed by atoms with van der Waals surface area (Å²) in [6, 6.07) is 20.6. The van der Waals surface area contributed by atoms with Crippen LogP contribution < -0.4 is 0 Å². The van der Waals surface area contributed by atoms with Crippen LogP contribution in [0.5, 0.6) is 0 Å². The van der Waals surface area contributed by atoms with Gasteiger partial charge >= 0.3 is 5.97 Å². The summed E-state index contributed by atoms with van der Waals surface area (Å²) in [6.07, 6.45) is 4.78. The molecule has 1 aliphatic rings. The number of ether oxygens (including phenoxy) is 1. The maximum absolute atomic E-state index is 10.7. The molecule has 174 valence electrons. The molecule has 3 aromatic rings. The second kappa shape index (κ2) is 11.3. The highest BCUT2D eigenvalue weighted by molar-refractivity contribution is 5.82. The normalized spacial score (nSPS) is 18.3. The number of carboxylic acid groups (broad SMARTS) is 1. The number of aromatic nitrogens is 2. The Kier molecular flexibility index (Phi) is 7.92. The molecule has 1 saturated carbocycles. The van der Waals surface area contributed by atoms with E-state index in [1.807, 2.05) is 36.4 Å². The number of carboxylic acids is 1. The molecule has 0 atom stereocenters. The highest BCUT2D eigenvalue weighted by Crippen LogP contribution is 2.37. The van der Waals surface area contributed by atoms with Gasteiger partial charge in [0.1, 0.15) is 12.3 Å². The van der Waals surface area contributed by atoms with E-state index in [4.69, 9.17) is 14.9 Å². The van der Waals surface area contributed by atoms with Gasteiger partial charge in [-0.2, -0.15) is 5.10 Å². The van der Waals surface area contributed by atoms with Gasteiger partial charge in [0.2, 0.25) is 0 Å². The van der Waals surface area contributed by atoms with E-state index in [-0.39, 0.29) is 13.2 Å². The number of hydrogen-bond acceptors (Lipinski definition) is 4. The van der Waals surface area contributed by atoms with E-state index in [0.29, 0.717) is 24.9 Å². The van der Waals surface area contributed by atoms with Crippen LogP contribution in [0.1, 0.15) is 31.4 Å². The van der Waals surface area contributed by atoms with Gasteiger partial charge in [0.25, 0.3) is 0 Å². The fourth-order valence-electron chi connectivity index (χ4n) is 4.85. The van der Waals surface area contributed by atoms with Crippen LogP contribution in [-0.4, -0.2) is 45.8 Å². The van der Waals surface area contributed by atoms with Crippen LogP contribution in [0.2, 0.25) is 0 Å². The summed E-state index contributed by atoms with van der Waals surface area (Å²) < 4.78 is 7.43. The van der Waals surface area contributed by atoms with Crippen molar-refractivity contribution in [3.63, 3.8) is 0 Å². The number of aliphatic hydroxyl groups is 1. The van der Waals surface area contributed by atoms with E-state index >= 15 is 0 Å². The van der Waals surface area contributed by atoms with Crippen molar-refractivity contribution in [3.05, 3.63) is 66.4 Å². The molecule has 0 bridgehead atoms. The zero-order valence-corrected chi connectivity index (χ0v) is 18.9. The monoisotopic (exact) mass is 448 g/mol. The molecule has 0 spiro atoms. The van der Waals surface area contributed by atoms with Gasteiger partial charge in [0.15, 0.2) is 0 Å². The van der Waals surface area contributed by atoms with Crippen molar-refractivity contribution in [3.8, 4) is 22.4 Å². The highest BCUT2D eigenvalue weighted by atomic mass is 16.5. The molecule has 33 heavy (non-hydrogen) atoms. The first-order valence-corrected chi connectivity index (χ1v) is 11.8. The Morgan fingerprint density at radius 3 is 2.15 bits per heavy atom. The molecule has 1 aromatic heterocycles. The predicted octanol–water partition coefficient (Wildman–Crippen LogP) is 4.66. The molecular weight excluding hydrogens is 416 g/mol. The Hall–Kier alpha value is -2.96. The molecule has 0 amide bonds. The van der Waals surface area contributed by atoms with Gasteiger partial charge in [-0.05, 0) is 43.1 Å². The maximum Gasteiger partial charge on any atom is 0.329 e. The van der Waals surface area contributed by atoms with Crippen LogP contribution in [-0.2, 0) is 22.5 Å². The van der Waals surface area contributed by atoms with Crippen LogP contribution in [0.25, 0.3) is 22.4 Å². The largest absolute Gasteiger partial charge is 0.480 e. The van der Waals surface area contributed by atoms with Crippen LogP contribution >= 0.6 is 0 Å². The van der Waals surface area contributed by atoms with Gasteiger partial charge in [0, 0.05) is 36.4 Å². The molecule has 0 unspecified atom stereocenters. The Morgan fingerprint density at radius 2 is 1.55 bits per heavy atom. The fraction of sp³-hybridized carbons (Fsp3) is 0.407. The number of hydrogen-bond donors (Lipinski definition) is 2. The molecule has 0 aliphatic heterocycles. The average molecular weight is 449 g/mol. The van der Waals surface area contributed by atoms with Crippen LogP contribution in [0, 0.1) is 11.8 Å². The summed E-state index contributed by atoms with van der Waals surface area (Å²) in [6.45, 7) is 1.20. The summed E-state index contributed by atoms with van der Waals surface area (Å²) in [7, 11) is 0. The average Bonchev–Trinajstić information content (AvgIpc) is 3.19. The molecule has 1 fully saturated rings. The summed E-state index contributed by atoms with van der Waals surface area (Å²) in [4.78, 5) is 10.7. The first kappa shape index (κ1) is 23.2. The van der Waals surface area contributed by atoms with Crippen molar-refractivity contribution < 1.29 is 19.7 Å². The molecule has 0 radical (unpaired) electrons. The standard InChI is InChI=1S/C27H32N2O4/c30-16-15-24-26(22-7-3-1-4-8-22)27(23-9-5-2-6-10-23)28-29(24)17-20-11-13-21(14-12-20)18-33-19-25(31)32/h1-10,20-21,30H,11-19H2,(H,31,32)/t20-,21-. The fourth-order valence-corrected chi connectivity index (χ4v) is 4.85. The lowest BCUT2D eigenvalue weighted by Crippen LogP contribution is -2.24. The van der Waals surface area contributed by atoms with Crippen molar-refractivity contribution in [2.24, 2.45) is 11.8 Å². The second-order valence-electron chi connectivity index (χ2n) is 8.85. The number of aliphatic carboxylic acids is 1.